The van der Waals surface area contributed by atoms with Crippen molar-refractivity contribution in [1.82, 2.24) is 4.31 Å². The van der Waals surface area contributed by atoms with E-state index in [-0.39, 0.29) is 18.0 Å². The first-order chi connectivity index (χ1) is 11.7. The SMILES string of the molecule is CCN(CC(=O)Nc1cc(C)cc(C)c1)S(=O)(=O)c1ccc(F)cc1. The van der Waals surface area contributed by atoms with Crippen LogP contribution in [0.25, 0.3) is 0 Å². The highest BCUT2D eigenvalue weighted by molar-refractivity contribution is 7.89. The summed E-state index contributed by atoms with van der Waals surface area (Å²) >= 11 is 0. The average Bonchev–Trinajstić information content (AvgIpc) is 2.51. The Labute approximate surface area is 147 Å². The second kappa shape index (κ2) is 7.76. The number of rotatable bonds is 6. The summed E-state index contributed by atoms with van der Waals surface area (Å²) in [5, 5.41) is 2.72. The number of carbonyl (C=O) groups is 1. The van der Waals surface area contributed by atoms with E-state index in [1.54, 1.807) is 6.92 Å². The number of carbonyl (C=O) groups excluding carboxylic acids is 1. The molecule has 0 unspecified atom stereocenters. The van der Waals surface area contributed by atoms with E-state index in [1.165, 1.54) is 12.1 Å². The molecule has 2 aromatic rings. The molecule has 5 nitrogen and oxygen atoms in total. The van der Waals surface area contributed by atoms with Crippen LogP contribution >= 0.6 is 0 Å². The molecule has 0 radical (unpaired) electrons. The van der Waals surface area contributed by atoms with Gasteiger partial charge in [0.1, 0.15) is 5.82 Å². The second-order valence-corrected chi connectivity index (χ2v) is 7.75. The van der Waals surface area contributed by atoms with Crippen LogP contribution in [0, 0.1) is 19.7 Å². The van der Waals surface area contributed by atoms with Crippen molar-refractivity contribution in [1.29, 1.82) is 0 Å². The molecule has 1 N–H and O–H groups in total. The fourth-order valence-corrected chi connectivity index (χ4v) is 3.94. The lowest BCUT2D eigenvalue weighted by molar-refractivity contribution is -0.116. The van der Waals surface area contributed by atoms with Crippen LogP contribution in [0.3, 0.4) is 0 Å². The minimum atomic E-state index is -3.87. The summed E-state index contributed by atoms with van der Waals surface area (Å²) in [7, 11) is -3.87. The molecule has 0 aromatic heterocycles. The Bertz CT molecular complexity index is 844. The van der Waals surface area contributed by atoms with Gasteiger partial charge in [-0.05, 0) is 61.4 Å². The zero-order valence-electron chi connectivity index (χ0n) is 14.4. The van der Waals surface area contributed by atoms with Crippen LogP contribution in [-0.4, -0.2) is 31.7 Å². The maximum absolute atomic E-state index is 13.0. The van der Waals surface area contributed by atoms with Crippen LogP contribution in [0.4, 0.5) is 10.1 Å². The predicted molar refractivity (Wildman–Crippen MR) is 95.4 cm³/mol. The number of likely N-dealkylation sites (N-methyl/N-ethyl adjacent to an activating group) is 1. The topological polar surface area (TPSA) is 66.5 Å². The molecule has 0 aliphatic carbocycles. The molecule has 0 bridgehead atoms. The van der Waals surface area contributed by atoms with Gasteiger partial charge >= 0.3 is 0 Å². The number of hydrogen-bond acceptors (Lipinski definition) is 3. The maximum atomic E-state index is 13.0. The third-order valence-electron chi connectivity index (χ3n) is 3.63. The molecule has 0 fully saturated rings. The van der Waals surface area contributed by atoms with Crippen LogP contribution in [0.15, 0.2) is 47.4 Å². The normalized spacial score (nSPS) is 11.6. The fraction of sp³-hybridized carbons (Fsp3) is 0.278. The Morgan fingerprint density at radius 2 is 1.64 bits per heavy atom. The first kappa shape index (κ1) is 19.1. The zero-order chi connectivity index (χ0) is 18.6. The number of nitrogens with zero attached hydrogens (tertiary/aromatic N) is 1. The first-order valence-electron chi connectivity index (χ1n) is 7.86. The van der Waals surface area contributed by atoms with Crippen molar-refractivity contribution in [2.24, 2.45) is 0 Å². The lowest BCUT2D eigenvalue weighted by Gasteiger charge is -2.20. The minimum Gasteiger partial charge on any atom is -0.325 e. The van der Waals surface area contributed by atoms with Crippen molar-refractivity contribution in [3.8, 4) is 0 Å². The van der Waals surface area contributed by atoms with Crippen LogP contribution in [0.2, 0.25) is 0 Å². The summed E-state index contributed by atoms with van der Waals surface area (Å²) in [6.45, 7) is 5.29. The Hall–Kier alpha value is -2.25. The standard InChI is InChI=1S/C18H21FN2O3S/c1-4-21(25(23,24)17-7-5-15(19)6-8-17)12-18(22)20-16-10-13(2)9-14(3)11-16/h5-11H,4,12H2,1-3H3,(H,20,22). The Morgan fingerprint density at radius 3 is 2.16 bits per heavy atom. The van der Waals surface area contributed by atoms with Crippen molar-refractivity contribution in [2.75, 3.05) is 18.4 Å². The zero-order valence-corrected chi connectivity index (χ0v) is 15.2. The van der Waals surface area contributed by atoms with Crippen LogP contribution in [-0.2, 0) is 14.8 Å². The highest BCUT2D eigenvalue weighted by Crippen LogP contribution is 2.17. The highest BCUT2D eigenvalue weighted by atomic mass is 32.2. The molecule has 0 saturated carbocycles. The van der Waals surface area contributed by atoms with Gasteiger partial charge in [0.25, 0.3) is 0 Å². The molecular weight excluding hydrogens is 343 g/mol. The Balaban J connectivity index is 2.15. The van der Waals surface area contributed by atoms with E-state index in [0.29, 0.717) is 5.69 Å². The number of anilines is 1. The molecule has 0 saturated heterocycles. The maximum Gasteiger partial charge on any atom is 0.243 e. The molecule has 1 amide bonds. The first-order valence-corrected chi connectivity index (χ1v) is 9.30. The summed E-state index contributed by atoms with van der Waals surface area (Å²) in [6.07, 6.45) is 0. The Kier molecular flexibility index (Phi) is 5.92. The third-order valence-corrected chi connectivity index (χ3v) is 5.56. The summed E-state index contributed by atoms with van der Waals surface area (Å²) in [5.74, 6) is -0.952. The minimum absolute atomic E-state index is 0.0463. The lowest BCUT2D eigenvalue weighted by Crippen LogP contribution is -2.37. The largest absolute Gasteiger partial charge is 0.325 e. The van der Waals surface area contributed by atoms with Crippen LogP contribution < -0.4 is 5.32 Å². The molecule has 2 rings (SSSR count). The van der Waals surface area contributed by atoms with E-state index in [2.05, 4.69) is 5.32 Å². The molecular formula is C18H21FN2O3S. The molecule has 0 spiro atoms. The van der Waals surface area contributed by atoms with Crippen molar-refractivity contribution in [3.05, 3.63) is 59.4 Å². The Morgan fingerprint density at radius 1 is 1.08 bits per heavy atom. The number of halogens is 1. The van der Waals surface area contributed by atoms with E-state index in [4.69, 9.17) is 0 Å². The van der Waals surface area contributed by atoms with Crippen molar-refractivity contribution in [3.63, 3.8) is 0 Å². The lowest BCUT2D eigenvalue weighted by atomic mass is 10.1. The van der Waals surface area contributed by atoms with Gasteiger partial charge < -0.3 is 5.32 Å². The monoisotopic (exact) mass is 364 g/mol. The van der Waals surface area contributed by atoms with E-state index >= 15 is 0 Å². The van der Waals surface area contributed by atoms with Gasteiger partial charge in [-0.1, -0.05) is 13.0 Å². The average molecular weight is 364 g/mol. The molecule has 134 valence electrons. The van der Waals surface area contributed by atoms with Gasteiger partial charge in [-0.15, -0.1) is 0 Å². The van der Waals surface area contributed by atoms with E-state index in [9.17, 15) is 17.6 Å². The summed E-state index contributed by atoms with van der Waals surface area (Å²) in [6, 6.07) is 10.1. The number of aryl methyl sites for hydroxylation is 2. The quantitative estimate of drug-likeness (QED) is 0.856. The van der Waals surface area contributed by atoms with Crippen LogP contribution in [0.5, 0.6) is 0 Å². The van der Waals surface area contributed by atoms with Gasteiger partial charge in [0.2, 0.25) is 15.9 Å². The van der Waals surface area contributed by atoms with Gasteiger partial charge in [0.15, 0.2) is 0 Å². The number of sulfonamides is 1. The van der Waals surface area contributed by atoms with E-state index < -0.39 is 21.7 Å². The number of benzene rings is 2. The van der Waals surface area contributed by atoms with Gasteiger partial charge in [-0.2, -0.15) is 4.31 Å². The molecule has 0 atom stereocenters. The van der Waals surface area contributed by atoms with Crippen molar-refractivity contribution < 1.29 is 17.6 Å². The van der Waals surface area contributed by atoms with Gasteiger partial charge in [-0.25, -0.2) is 12.8 Å². The van der Waals surface area contributed by atoms with Gasteiger partial charge in [-0.3, -0.25) is 4.79 Å². The summed E-state index contributed by atoms with van der Waals surface area (Å²) < 4.78 is 39.2. The highest BCUT2D eigenvalue weighted by Gasteiger charge is 2.25. The molecule has 0 aliphatic heterocycles. The van der Waals surface area contributed by atoms with Crippen LogP contribution in [0.1, 0.15) is 18.1 Å². The number of hydrogen-bond donors (Lipinski definition) is 1. The molecule has 0 heterocycles. The van der Waals surface area contributed by atoms with E-state index in [1.807, 2.05) is 32.0 Å². The summed E-state index contributed by atoms with van der Waals surface area (Å²) in [5.41, 5.74) is 2.63. The smallest absolute Gasteiger partial charge is 0.243 e. The van der Waals surface area contributed by atoms with Gasteiger partial charge in [0.05, 0.1) is 11.4 Å². The van der Waals surface area contributed by atoms with Gasteiger partial charge in [0, 0.05) is 12.2 Å². The molecule has 25 heavy (non-hydrogen) atoms. The molecule has 7 heteroatoms. The predicted octanol–water partition coefficient (Wildman–Crippen LogP) is 3.09. The third kappa shape index (κ3) is 4.87. The number of nitrogens with one attached hydrogen (secondary N) is 1. The number of amides is 1. The van der Waals surface area contributed by atoms with Crippen molar-refractivity contribution >= 4 is 21.6 Å². The second-order valence-electron chi connectivity index (χ2n) is 5.81. The fourth-order valence-electron chi connectivity index (χ4n) is 2.53. The van der Waals surface area contributed by atoms with E-state index in [0.717, 1.165) is 27.6 Å². The molecule has 0 aliphatic rings. The molecule has 2 aromatic carbocycles. The van der Waals surface area contributed by atoms with Crippen molar-refractivity contribution in [2.45, 2.75) is 25.7 Å². The summed E-state index contributed by atoms with van der Waals surface area (Å²) in [4.78, 5) is 12.2.